The Labute approximate surface area is 166 Å². The van der Waals surface area contributed by atoms with Crippen LogP contribution in [0, 0.1) is 5.92 Å². The Balaban J connectivity index is 0.00000208. The zero-order chi connectivity index (χ0) is 16.1. The van der Waals surface area contributed by atoms with Gasteiger partial charge in [-0.25, -0.2) is 0 Å². The first kappa shape index (κ1) is 19.9. The van der Waals surface area contributed by atoms with Gasteiger partial charge in [0.1, 0.15) is 0 Å². The van der Waals surface area contributed by atoms with Crippen molar-refractivity contribution in [2.24, 2.45) is 10.9 Å². The van der Waals surface area contributed by atoms with Crippen LogP contribution in [0.1, 0.15) is 23.8 Å². The van der Waals surface area contributed by atoms with Crippen molar-refractivity contribution in [3.63, 3.8) is 0 Å². The average molecular weight is 464 g/mol. The van der Waals surface area contributed by atoms with E-state index in [0.717, 1.165) is 51.8 Å². The Morgan fingerprint density at radius 1 is 1.50 bits per heavy atom. The normalized spacial score (nSPS) is 22.6. The highest BCUT2D eigenvalue weighted by Crippen LogP contribution is 2.24. The Morgan fingerprint density at radius 3 is 3.12 bits per heavy atom. The van der Waals surface area contributed by atoms with Gasteiger partial charge in [0.15, 0.2) is 5.96 Å². The average Bonchev–Trinajstić information content (AvgIpc) is 3.25. The molecule has 0 amide bonds. The monoisotopic (exact) mass is 464 g/mol. The molecule has 7 heteroatoms. The fourth-order valence-electron chi connectivity index (χ4n) is 3.23. The number of aliphatic imine (C=N–C) groups is 1. The molecule has 0 radical (unpaired) electrons. The first-order valence-corrected chi connectivity index (χ1v) is 9.45. The lowest BCUT2D eigenvalue weighted by Gasteiger charge is -2.32. The van der Waals surface area contributed by atoms with E-state index >= 15 is 0 Å². The number of halogens is 1. The number of rotatable bonds is 5. The van der Waals surface area contributed by atoms with Gasteiger partial charge >= 0.3 is 0 Å². The molecule has 0 aliphatic carbocycles. The number of hydrogen-bond donors (Lipinski definition) is 2. The largest absolute Gasteiger partial charge is 0.381 e. The fourth-order valence-corrected chi connectivity index (χ4v) is 4.12. The maximum atomic E-state index is 5.42. The quantitative estimate of drug-likeness (QED) is 0.399. The van der Waals surface area contributed by atoms with Gasteiger partial charge in [0.25, 0.3) is 0 Å². The van der Waals surface area contributed by atoms with Gasteiger partial charge in [0.2, 0.25) is 0 Å². The second kappa shape index (κ2) is 9.94. The predicted molar refractivity (Wildman–Crippen MR) is 112 cm³/mol. The number of nitrogens with zero attached hydrogens (tertiary/aromatic N) is 2. The van der Waals surface area contributed by atoms with Gasteiger partial charge in [0, 0.05) is 56.7 Å². The smallest absolute Gasteiger partial charge is 0.191 e. The Bertz CT molecular complexity index is 530. The van der Waals surface area contributed by atoms with Crippen molar-refractivity contribution in [3.8, 4) is 0 Å². The van der Waals surface area contributed by atoms with E-state index in [4.69, 9.17) is 4.74 Å². The SMILES string of the molecule is CN=C(NCC1CCOC1)NCC(C)N1CCc2sccc2C1.I. The lowest BCUT2D eigenvalue weighted by Crippen LogP contribution is -2.47. The third kappa shape index (κ3) is 5.31. The minimum atomic E-state index is 0. The van der Waals surface area contributed by atoms with E-state index in [0.29, 0.717) is 12.0 Å². The second-order valence-corrected chi connectivity index (χ2v) is 7.50. The number of ether oxygens (including phenoxy) is 1. The standard InChI is InChI=1S/C17H28N4OS.HI/c1-13(21-6-3-16-15(11-21)5-8-23-16)9-19-17(18-2)20-10-14-4-7-22-12-14;/h5,8,13-14H,3-4,6-7,9-12H2,1-2H3,(H2,18,19,20);1H. The second-order valence-electron chi connectivity index (χ2n) is 6.50. The summed E-state index contributed by atoms with van der Waals surface area (Å²) in [4.78, 5) is 8.45. The van der Waals surface area contributed by atoms with Crippen LogP contribution in [0.4, 0.5) is 0 Å². The lowest BCUT2D eigenvalue weighted by molar-refractivity contribution is 0.186. The van der Waals surface area contributed by atoms with Crippen LogP contribution in [0.2, 0.25) is 0 Å². The summed E-state index contributed by atoms with van der Waals surface area (Å²) in [7, 11) is 1.84. The van der Waals surface area contributed by atoms with E-state index < -0.39 is 0 Å². The molecule has 2 atom stereocenters. The summed E-state index contributed by atoms with van der Waals surface area (Å²) in [5.41, 5.74) is 1.51. The van der Waals surface area contributed by atoms with Crippen LogP contribution < -0.4 is 10.6 Å². The number of fused-ring (bicyclic) bond motifs is 1. The molecule has 1 saturated heterocycles. The molecular formula is C17H29IN4OS. The molecule has 2 unspecified atom stereocenters. The van der Waals surface area contributed by atoms with Crippen LogP contribution in [-0.2, 0) is 17.7 Å². The van der Waals surface area contributed by atoms with Gasteiger partial charge in [-0.3, -0.25) is 9.89 Å². The minimum absolute atomic E-state index is 0. The van der Waals surface area contributed by atoms with Gasteiger partial charge in [-0.1, -0.05) is 0 Å². The molecule has 1 fully saturated rings. The van der Waals surface area contributed by atoms with E-state index in [1.54, 1.807) is 4.88 Å². The van der Waals surface area contributed by atoms with Crippen molar-refractivity contribution in [2.45, 2.75) is 32.4 Å². The summed E-state index contributed by atoms with van der Waals surface area (Å²) in [5, 5.41) is 9.11. The van der Waals surface area contributed by atoms with Gasteiger partial charge in [-0.15, -0.1) is 35.3 Å². The van der Waals surface area contributed by atoms with E-state index in [1.165, 1.54) is 12.0 Å². The molecule has 2 aliphatic heterocycles. The Kier molecular flexibility index (Phi) is 8.25. The molecule has 0 saturated carbocycles. The van der Waals surface area contributed by atoms with Crippen molar-refractivity contribution < 1.29 is 4.74 Å². The molecule has 0 spiro atoms. The molecular weight excluding hydrogens is 435 g/mol. The minimum Gasteiger partial charge on any atom is -0.381 e. The lowest BCUT2D eigenvalue weighted by atomic mass is 10.1. The van der Waals surface area contributed by atoms with E-state index in [9.17, 15) is 0 Å². The van der Waals surface area contributed by atoms with Crippen LogP contribution in [-0.4, -0.2) is 56.8 Å². The van der Waals surface area contributed by atoms with Gasteiger partial charge in [-0.05, 0) is 36.8 Å². The Morgan fingerprint density at radius 2 is 2.38 bits per heavy atom. The number of hydrogen-bond acceptors (Lipinski definition) is 4. The summed E-state index contributed by atoms with van der Waals surface area (Å²) in [6, 6.07) is 2.77. The summed E-state index contributed by atoms with van der Waals surface area (Å²) in [5.74, 6) is 1.52. The van der Waals surface area contributed by atoms with Crippen LogP contribution >= 0.6 is 35.3 Å². The van der Waals surface area contributed by atoms with Crippen molar-refractivity contribution in [1.82, 2.24) is 15.5 Å². The highest BCUT2D eigenvalue weighted by molar-refractivity contribution is 14.0. The fraction of sp³-hybridized carbons (Fsp3) is 0.706. The first-order valence-electron chi connectivity index (χ1n) is 8.58. The highest BCUT2D eigenvalue weighted by Gasteiger charge is 2.21. The van der Waals surface area contributed by atoms with Crippen molar-refractivity contribution >= 4 is 41.3 Å². The summed E-state index contributed by atoms with van der Waals surface area (Å²) in [6.45, 7) is 8.15. The molecule has 3 heterocycles. The highest BCUT2D eigenvalue weighted by atomic mass is 127. The Hall–Kier alpha value is -0.380. The van der Waals surface area contributed by atoms with E-state index in [1.807, 2.05) is 18.4 Å². The first-order chi connectivity index (χ1) is 11.3. The predicted octanol–water partition coefficient (Wildman–Crippen LogP) is 2.31. The zero-order valence-electron chi connectivity index (χ0n) is 14.6. The number of nitrogens with one attached hydrogen (secondary N) is 2. The molecule has 0 bridgehead atoms. The maximum Gasteiger partial charge on any atom is 0.191 e. The molecule has 24 heavy (non-hydrogen) atoms. The van der Waals surface area contributed by atoms with Gasteiger partial charge in [-0.2, -0.15) is 0 Å². The molecule has 5 nitrogen and oxygen atoms in total. The van der Waals surface area contributed by atoms with Crippen molar-refractivity contribution in [2.75, 3.05) is 39.9 Å². The molecule has 0 aromatic carbocycles. The molecule has 3 rings (SSSR count). The van der Waals surface area contributed by atoms with Crippen LogP contribution in [0.3, 0.4) is 0 Å². The van der Waals surface area contributed by atoms with Crippen molar-refractivity contribution in [1.29, 1.82) is 0 Å². The molecule has 1 aromatic rings. The van der Waals surface area contributed by atoms with E-state index in [2.05, 4.69) is 38.9 Å². The molecule has 2 N–H and O–H groups in total. The van der Waals surface area contributed by atoms with Crippen LogP contribution in [0.15, 0.2) is 16.4 Å². The van der Waals surface area contributed by atoms with Crippen molar-refractivity contribution in [3.05, 3.63) is 21.9 Å². The topological polar surface area (TPSA) is 48.9 Å². The summed E-state index contributed by atoms with van der Waals surface area (Å²) >= 11 is 1.90. The molecule has 2 aliphatic rings. The third-order valence-corrected chi connectivity index (χ3v) is 5.85. The zero-order valence-corrected chi connectivity index (χ0v) is 17.7. The third-order valence-electron chi connectivity index (χ3n) is 4.83. The number of guanidine groups is 1. The van der Waals surface area contributed by atoms with Gasteiger partial charge < -0.3 is 15.4 Å². The molecule has 136 valence electrons. The van der Waals surface area contributed by atoms with Gasteiger partial charge in [0.05, 0.1) is 6.61 Å². The maximum absolute atomic E-state index is 5.42. The summed E-state index contributed by atoms with van der Waals surface area (Å²) < 4.78 is 5.42. The number of thiophene rings is 1. The summed E-state index contributed by atoms with van der Waals surface area (Å²) in [6.07, 6.45) is 2.34. The van der Waals surface area contributed by atoms with E-state index in [-0.39, 0.29) is 24.0 Å². The van der Waals surface area contributed by atoms with Crippen LogP contribution in [0.5, 0.6) is 0 Å². The molecule has 1 aromatic heterocycles. The van der Waals surface area contributed by atoms with Crippen LogP contribution in [0.25, 0.3) is 0 Å².